The summed E-state index contributed by atoms with van der Waals surface area (Å²) in [6.07, 6.45) is 2.00. The molecule has 0 spiro atoms. The highest BCUT2D eigenvalue weighted by Crippen LogP contribution is 2.17. The summed E-state index contributed by atoms with van der Waals surface area (Å²) in [5.74, 6) is 0. The van der Waals surface area contributed by atoms with Crippen molar-refractivity contribution in [3.63, 3.8) is 0 Å². The first-order valence-corrected chi connectivity index (χ1v) is 7.63. The maximum Gasteiger partial charge on any atom is 0.189 e. The molecule has 0 aliphatic carbocycles. The summed E-state index contributed by atoms with van der Waals surface area (Å²) in [4.78, 5) is 0. The van der Waals surface area contributed by atoms with Gasteiger partial charge in [0.1, 0.15) is 0 Å². The average molecular weight is 311 g/mol. The minimum Gasteiger partial charge on any atom is -0.331 e. The van der Waals surface area contributed by atoms with Gasteiger partial charge >= 0.3 is 0 Å². The maximum atomic E-state index is 5.34. The van der Waals surface area contributed by atoms with Crippen LogP contribution in [0, 0.1) is 13.8 Å². The summed E-state index contributed by atoms with van der Waals surface area (Å²) < 4.78 is 0. The monoisotopic (exact) mass is 311 g/mol. The van der Waals surface area contributed by atoms with E-state index in [0.717, 1.165) is 16.9 Å². The molecule has 2 aromatic rings. The molecule has 4 heteroatoms. The van der Waals surface area contributed by atoms with Gasteiger partial charge in [-0.3, -0.25) is 10.9 Å². The number of nitrogens with one attached hydrogen (secondary N) is 3. The normalized spacial score (nSPS) is 11.0. The molecular weight excluding hydrogens is 290 g/mol. The van der Waals surface area contributed by atoms with Crippen LogP contribution in [0.5, 0.6) is 0 Å². The standard InChI is InChI=1S/C18H21N3S/c1-4-16(15-10-6-5-7-11-15)20-21-18(22)19-17-12-8-9-13(2)14(17)3/h4-12,20H,1-3H3,(H2,19,21,22)/b16-4-. The first kappa shape index (κ1) is 16.0. The Labute approximate surface area is 137 Å². The Kier molecular flexibility index (Phi) is 5.55. The van der Waals surface area contributed by atoms with E-state index < -0.39 is 0 Å². The van der Waals surface area contributed by atoms with Gasteiger partial charge < -0.3 is 5.32 Å². The molecule has 0 radical (unpaired) electrons. The van der Waals surface area contributed by atoms with Crippen LogP contribution in [0.3, 0.4) is 0 Å². The van der Waals surface area contributed by atoms with Crippen molar-refractivity contribution >= 4 is 28.7 Å². The van der Waals surface area contributed by atoms with Crippen molar-refractivity contribution in [2.24, 2.45) is 0 Å². The van der Waals surface area contributed by atoms with Crippen LogP contribution in [0.25, 0.3) is 5.70 Å². The lowest BCUT2D eigenvalue weighted by Crippen LogP contribution is -2.39. The van der Waals surface area contributed by atoms with Gasteiger partial charge in [-0.1, -0.05) is 48.5 Å². The summed E-state index contributed by atoms with van der Waals surface area (Å²) in [5.41, 5.74) is 11.7. The third kappa shape index (κ3) is 4.09. The van der Waals surface area contributed by atoms with E-state index in [1.54, 1.807) is 0 Å². The van der Waals surface area contributed by atoms with Gasteiger partial charge in [-0.15, -0.1) is 0 Å². The molecule has 0 aliphatic heterocycles. The molecule has 0 saturated carbocycles. The fourth-order valence-corrected chi connectivity index (χ4v) is 2.25. The van der Waals surface area contributed by atoms with E-state index in [9.17, 15) is 0 Å². The fourth-order valence-electron chi connectivity index (χ4n) is 2.09. The zero-order valence-corrected chi connectivity index (χ0v) is 13.9. The molecule has 0 aliphatic rings. The lowest BCUT2D eigenvalue weighted by molar-refractivity contribution is 0.847. The maximum absolute atomic E-state index is 5.34. The highest BCUT2D eigenvalue weighted by molar-refractivity contribution is 7.80. The quantitative estimate of drug-likeness (QED) is 0.585. The van der Waals surface area contributed by atoms with Gasteiger partial charge in [0.15, 0.2) is 5.11 Å². The Morgan fingerprint density at radius 3 is 2.36 bits per heavy atom. The van der Waals surface area contributed by atoms with Gasteiger partial charge in [0.25, 0.3) is 0 Å². The number of allylic oxidation sites excluding steroid dienone is 1. The molecule has 0 bridgehead atoms. The summed E-state index contributed by atoms with van der Waals surface area (Å²) in [7, 11) is 0. The molecule has 2 rings (SSSR count). The van der Waals surface area contributed by atoms with Gasteiger partial charge in [-0.05, 0) is 55.7 Å². The number of thiocarbonyl (C=S) groups is 1. The summed E-state index contributed by atoms with van der Waals surface area (Å²) in [6, 6.07) is 16.2. The summed E-state index contributed by atoms with van der Waals surface area (Å²) in [5, 5.41) is 3.74. The molecule has 0 amide bonds. The second-order valence-corrected chi connectivity index (χ2v) is 5.43. The van der Waals surface area contributed by atoms with Crippen LogP contribution >= 0.6 is 12.2 Å². The SMILES string of the molecule is C/C=C(\NNC(=S)Nc1cccc(C)c1C)c1ccccc1. The fraction of sp³-hybridized carbons (Fsp3) is 0.167. The Morgan fingerprint density at radius 2 is 1.68 bits per heavy atom. The Hall–Kier alpha value is -2.33. The minimum absolute atomic E-state index is 0.531. The first-order chi connectivity index (χ1) is 10.6. The van der Waals surface area contributed by atoms with Crippen molar-refractivity contribution in [2.45, 2.75) is 20.8 Å². The van der Waals surface area contributed by atoms with E-state index in [0.29, 0.717) is 5.11 Å². The molecular formula is C18H21N3S. The number of benzene rings is 2. The van der Waals surface area contributed by atoms with Crippen molar-refractivity contribution in [1.29, 1.82) is 0 Å². The summed E-state index contributed by atoms with van der Waals surface area (Å²) >= 11 is 5.34. The van der Waals surface area contributed by atoms with Gasteiger partial charge in [0.2, 0.25) is 0 Å². The van der Waals surface area contributed by atoms with Crippen LogP contribution in [0.15, 0.2) is 54.6 Å². The zero-order chi connectivity index (χ0) is 15.9. The van der Waals surface area contributed by atoms with E-state index in [2.05, 4.69) is 36.1 Å². The van der Waals surface area contributed by atoms with Crippen molar-refractivity contribution in [2.75, 3.05) is 5.32 Å². The molecule has 0 fully saturated rings. The van der Waals surface area contributed by atoms with E-state index in [1.807, 2.05) is 55.5 Å². The number of anilines is 1. The topological polar surface area (TPSA) is 36.1 Å². The Morgan fingerprint density at radius 1 is 0.955 bits per heavy atom. The minimum atomic E-state index is 0.531. The van der Waals surface area contributed by atoms with Crippen LogP contribution in [0.2, 0.25) is 0 Å². The van der Waals surface area contributed by atoms with Crippen LogP contribution in [0.1, 0.15) is 23.6 Å². The van der Waals surface area contributed by atoms with E-state index in [4.69, 9.17) is 12.2 Å². The van der Waals surface area contributed by atoms with Crippen LogP contribution in [0.4, 0.5) is 5.69 Å². The van der Waals surface area contributed by atoms with Gasteiger partial charge in [0, 0.05) is 5.69 Å². The van der Waals surface area contributed by atoms with Crippen molar-refractivity contribution in [3.05, 3.63) is 71.3 Å². The first-order valence-electron chi connectivity index (χ1n) is 7.22. The molecule has 2 aromatic carbocycles. The second-order valence-electron chi connectivity index (χ2n) is 5.02. The predicted octanol–water partition coefficient (Wildman–Crippen LogP) is 4.16. The number of aryl methyl sites for hydroxylation is 1. The predicted molar refractivity (Wildman–Crippen MR) is 98.5 cm³/mol. The highest BCUT2D eigenvalue weighted by atomic mass is 32.1. The van der Waals surface area contributed by atoms with Crippen molar-refractivity contribution in [1.82, 2.24) is 10.9 Å². The molecule has 0 aromatic heterocycles. The molecule has 114 valence electrons. The Balaban J connectivity index is 1.97. The van der Waals surface area contributed by atoms with Gasteiger partial charge in [-0.25, -0.2) is 0 Å². The van der Waals surface area contributed by atoms with Crippen LogP contribution < -0.4 is 16.2 Å². The third-order valence-electron chi connectivity index (χ3n) is 3.54. The molecule has 0 saturated heterocycles. The average Bonchev–Trinajstić information content (AvgIpc) is 2.53. The Bertz CT molecular complexity index is 678. The lowest BCUT2D eigenvalue weighted by atomic mass is 10.1. The summed E-state index contributed by atoms with van der Waals surface area (Å²) in [6.45, 7) is 6.15. The molecule has 3 N–H and O–H groups in total. The largest absolute Gasteiger partial charge is 0.331 e. The zero-order valence-electron chi connectivity index (χ0n) is 13.1. The van der Waals surface area contributed by atoms with Gasteiger partial charge in [0.05, 0.1) is 5.70 Å². The number of rotatable bonds is 4. The van der Waals surface area contributed by atoms with Gasteiger partial charge in [-0.2, -0.15) is 0 Å². The van der Waals surface area contributed by atoms with Crippen LogP contribution in [-0.2, 0) is 0 Å². The van der Waals surface area contributed by atoms with E-state index in [-0.39, 0.29) is 0 Å². The number of hydrogen-bond donors (Lipinski definition) is 3. The molecule has 0 atom stereocenters. The molecule has 22 heavy (non-hydrogen) atoms. The number of hydrogen-bond acceptors (Lipinski definition) is 2. The van der Waals surface area contributed by atoms with E-state index in [1.165, 1.54) is 11.1 Å². The van der Waals surface area contributed by atoms with Crippen molar-refractivity contribution in [3.8, 4) is 0 Å². The second kappa shape index (κ2) is 7.61. The van der Waals surface area contributed by atoms with E-state index >= 15 is 0 Å². The van der Waals surface area contributed by atoms with Crippen molar-refractivity contribution < 1.29 is 0 Å². The smallest absolute Gasteiger partial charge is 0.189 e. The number of hydrazine groups is 1. The molecule has 3 nitrogen and oxygen atoms in total. The highest BCUT2D eigenvalue weighted by Gasteiger charge is 2.04. The third-order valence-corrected chi connectivity index (χ3v) is 3.74. The molecule has 0 heterocycles. The molecule has 0 unspecified atom stereocenters. The van der Waals surface area contributed by atoms with Crippen LogP contribution in [-0.4, -0.2) is 5.11 Å². The lowest BCUT2D eigenvalue weighted by Gasteiger charge is -2.16.